The Labute approximate surface area is 260 Å². The van der Waals surface area contributed by atoms with Crippen LogP contribution in [0.1, 0.15) is 34.5 Å². The molecule has 0 aliphatic carbocycles. The number of hydrogen-bond acceptors (Lipinski definition) is 6. The number of anilines is 1. The lowest BCUT2D eigenvalue weighted by atomic mass is 9.96. The predicted molar refractivity (Wildman–Crippen MR) is 164 cm³/mol. The Kier molecular flexibility index (Phi) is 8.27. The minimum Gasteiger partial charge on any atom is -0.459 e. The molecule has 234 valence electrons. The third kappa shape index (κ3) is 6.75. The molecule has 4 heterocycles. The Balaban J connectivity index is 1.27. The number of aromatic nitrogens is 2. The molecule has 2 amide bonds. The van der Waals surface area contributed by atoms with Crippen molar-refractivity contribution in [3.8, 4) is 22.3 Å². The topological polar surface area (TPSA) is 114 Å². The van der Waals surface area contributed by atoms with Crippen LogP contribution >= 0.6 is 0 Å². The molecule has 2 aromatic carbocycles. The van der Waals surface area contributed by atoms with Gasteiger partial charge >= 0.3 is 0 Å². The van der Waals surface area contributed by atoms with Gasteiger partial charge in [0.15, 0.2) is 0 Å². The number of carbonyl (C=O) groups excluding carboxylic acids is 2. The minimum atomic E-state index is -2.76. The van der Waals surface area contributed by atoms with Crippen molar-refractivity contribution in [1.29, 1.82) is 0 Å². The number of hydrogen-bond donors (Lipinski definition) is 2. The number of nitrogens with zero attached hydrogens (tertiary/aromatic N) is 3. The van der Waals surface area contributed by atoms with E-state index >= 15 is 0 Å². The molecule has 1 aliphatic heterocycles. The van der Waals surface area contributed by atoms with E-state index < -0.39 is 17.8 Å². The number of nitrogens with two attached hydrogens (primary N) is 1. The van der Waals surface area contributed by atoms with Crippen LogP contribution in [0.15, 0.2) is 83.4 Å². The molecule has 1 aliphatic rings. The quantitative estimate of drug-likeness (QED) is 0.119. The summed E-state index contributed by atoms with van der Waals surface area (Å²) in [6.07, 6.45) is 3.71. The molecular weight excluding hydrogens is 602 g/mol. The zero-order valence-corrected chi connectivity index (χ0v) is 24.3. The molecule has 0 unspecified atom stereocenters. The summed E-state index contributed by atoms with van der Waals surface area (Å²) in [4.78, 5) is 34.1. The Hall–Kier alpha value is -5.52. The fourth-order valence-electron chi connectivity index (χ4n) is 5.22. The van der Waals surface area contributed by atoms with Crippen LogP contribution in [0.25, 0.3) is 39.3 Å². The van der Waals surface area contributed by atoms with E-state index in [0.717, 1.165) is 6.07 Å². The van der Waals surface area contributed by atoms with Gasteiger partial charge in [-0.3, -0.25) is 9.59 Å². The van der Waals surface area contributed by atoms with Crippen molar-refractivity contribution in [3.63, 3.8) is 0 Å². The van der Waals surface area contributed by atoms with E-state index in [-0.39, 0.29) is 49.9 Å². The van der Waals surface area contributed by atoms with E-state index in [1.807, 2.05) is 0 Å². The lowest BCUT2D eigenvalue weighted by Crippen LogP contribution is -2.42. The molecule has 46 heavy (non-hydrogen) atoms. The van der Waals surface area contributed by atoms with Gasteiger partial charge in [0.1, 0.15) is 17.2 Å². The van der Waals surface area contributed by atoms with E-state index in [1.54, 1.807) is 60.7 Å². The zero-order valence-electron chi connectivity index (χ0n) is 24.3. The number of furan rings is 1. The maximum Gasteiger partial charge on any atom is 0.253 e. The van der Waals surface area contributed by atoms with Crippen molar-refractivity contribution in [1.82, 2.24) is 20.2 Å². The molecule has 6 rings (SSSR count). The van der Waals surface area contributed by atoms with Gasteiger partial charge in [0.2, 0.25) is 17.8 Å². The van der Waals surface area contributed by atoms with Gasteiger partial charge in [-0.05, 0) is 77.4 Å². The van der Waals surface area contributed by atoms with Gasteiger partial charge in [0, 0.05) is 60.3 Å². The number of likely N-dealkylation sites (tertiary alicyclic amines) is 1. The molecule has 0 spiro atoms. The first-order valence-corrected chi connectivity index (χ1v) is 14.4. The SMILES string of the molecule is Nc1ccc(/C=C/C(=O)NCc2cc3cc(-c4ccc(C(=O)N5CCC(F)(F)CC5)cc4)cc(-c4ccc(F)nc4F)c3o2)cn1. The van der Waals surface area contributed by atoms with Crippen molar-refractivity contribution >= 4 is 34.7 Å². The number of fused-ring (bicyclic) bond motifs is 1. The molecule has 3 N–H and O–H groups in total. The number of nitrogens with one attached hydrogen (secondary N) is 1. The third-order valence-electron chi connectivity index (χ3n) is 7.69. The van der Waals surface area contributed by atoms with Crippen LogP contribution in [0.4, 0.5) is 23.4 Å². The van der Waals surface area contributed by atoms with E-state index in [9.17, 15) is 27.2 Å². The highest BCUT2D eigenvalue weighted by Gasteiger charge is 2.35. The molecule has 5 aromatic rings. The highest BCUT2D eigenvalue weighted by atomic mass is 19.3. The van der Waals surface area contributed by atoms with Crippen molar-refractivity contribution < 1.29 is 31.6 Å². The summed E-state index contributed by atoms with van der Waals surface area (Å²) >= 11 is 0. The normalized spacial score (nSPS) is 14.6. The Morgan fingerprint density at radius 3 is 2.41 bits per heavy atom. The highest BCUT2D eigenvalue weighted by Crippen LogP contribution is 2.37. The first kappa shape index (κ1) is 30.5. The van der Waals surface area contributed by atoms with Crippen LogP contribution in [0.2, 0.25) is 0 Å². The molecule has 8 nitrogen and oxygen atoms in total. The molecule has 12 heteroatoms. The van der Waals surface area contributed by atoms with E-state index in [4.69, 9.17) is 10.2 Å². The maximum absolute atomic E-state index is 14.9. The van der Waals surface area contributed by atoms with Crippen LogP contribution < -0.4 is 11.1 Å². The van der Waals surface area contributed by atoms with Crippen LogP contribution in [-0.4, -0.2) is 45.7 Å². The first-order chi connectivity index (χ1) is 22.0. The zero-order chi connectivity index (χ0) is 32.4. The molecule has 1 saturated heterocycles. The summed E-state index contributed by atoms with van der Waals surface area (Å²) in [6.45, 7) is -0.0228. The van der Waals surface area contributed by atoms with Gasteiger partial charge in [-0.1, -0.05) is 12.1 Å². The molecule has 0 bridgehead atoms. The van der Waals surface area contributed by atoms with Crippen LogP contribution in [0, 0.1) is 11.9 Å². The molecule has 0 saturated carbocycles. The first-order valence-electron chi connectivity index (χ1n) is 14.4. The van der Waals surface area contributed by atoms with E-state index in [2.05, 4.69) is 15.3 Å². The molecule has 3 aromatic heterocycles. The van der Waals surface area contributed by atoms with Crippen LogP contribution in [0.3, 0.4) is 0 Å². The second-order valence-corrected chi connectivity index (χ2v) is 10.9. The maximum atomic E-state index is 14.9. The van der Waals surface area contributed by atoms with Gasteiger partial charge in [0.25, 0.3) is 11.8 Å². The highest BCUT2D eigenvalue weighted by molar-refractivity contribution is 5.98. The van der Waals surface area contributed by atoms with Gasteiger partial charge in [-0.25, -0.2) is 13.8 Å². The standard InChI is InChI=1S/C34H27F4N5O3/c35-28-8-7-26(32(36)42-28)27-17-23(21-3-5-22(6-4-21)33(45)43-13-11-34(37,38)12-14-43)15-24-16-25(46-31(24)27)19-41-30(44)10-2-20-1-9-29(39)40-18-20/h1-10,15-18H,11-14,19H2,(H2,39,40)(H,41,44)/b10-2+. The average molecular weight is 630 g/mol. The number of amides is 2. The summed E-state index contributed by atoms with van der Waals surface area (Å²) in [7, 11) is 0. The summed E-state index contributed by atoms with van der Waals surface area (Å²) < 4.78 is 61.7. The fraction of sp³-hybridized carbons (Fsp3) is 0.176. The van der Waals surface area contributed by atoms with Crippen molar-refractivity contribution in [2.45, 2.75) is 25.3 Å². The van der Waals surface area contributed by atoms with E-state index in [0.29, 0.717) is 50.4 Å². The monoisotopic (exact) mass is 629 g/mol. The molecule has 0 radical (unpaired) electrons. The molecular formula is C34H27F4N5O3. The fourth-order valence-corrected chi connectivity index (χ4v) is 5.22. The number of piperidine rings is 1. The lowest BCUT2D eigenvalue weighted by molar-refractivity contribution is -0.116. The smallest absolute Gasteiger partial charge is 0.253 e. The van der Waals surface area contributed by atoms with Crippen molar-refractivity contribution in [2.75, 3.05) is 18.8 Å². The molecule has 0 atom stereocenters. The lowest BCUT2D eigenvalue weighted by Gasteiger charge is -2.31. The van der Waals surface area contributed by atoms with Crippen LogP contribution in [0.5, 0.6) is 0 Å². The number of nitrogen functional groups attached to an aromatic ring is 1. The molecule has 1 fully saturated rings. The number of halogens is 4. The van der Waals surface area contributed by atoms with Gasteiger partial charge in [0.05, 0.1) is 6.54 Å². The second-order valence-electron chi connectivity index (χ2n) is 10.9. The summed E-state index contributed by atoms with van der Waals surface area (Å²) in [6, 6.07) is 17.5. The van der Waals surface area contributed by atoms with E-state index in [1.165, 1.54) is 23.2 Å². The number of carbonyl (C=O) groups is 2. The summed E-state index contributed by atoms with van der Waals surface area (Å²) in [5, 5.41) is 3.32. The summed E-state index contributed by atoms with van der Waals surface area (Å²) in [5.41, 5.74) is 8.56. The number of pyridine rings is 2. The number of rotatable bonds is 7. The average Bonchev–Trinajstić information content (AvgIpc) is 3.46. The third-order valence-corrected chi connectivity index (χ3v) is 7.69. The summed E-state index contributed by atoms with van der Waals surface area (Å²) in [5.74, 6) is -4.74. The number of alkyl halides is 2. The van der Waals surface area contributed by atoms with Gasteiger partial charge in [-0.2, -0.15) is 13.8 Å². The van der Waals surface area contributed by atoms with Crippen molar-refractivity contribution in [3.05, 3.63) is 108 Å². The minimum absolute atomic E-state index is 0.00641. The number of benzene rings is 2. The largest absolute Gasteiger partial charge is 0.459 e. The predicted octanol–water partition coefficient (Wildman–Crippen LogP) is 6.62. The van der Waals surface area contributed by atoms with Gasteiger partial charge < -0.3 is 20.4 Å². The van der Waals surface area contributed by atoms with Gasteiger partial charge in [-0.15, -0.1) is 0 Å². The second kappa shape index (κ2) is 12.5. The van der Waals surface area contributed by atoms with Crippen molar-refractivity contribution in [2.24, 2.45) is 0 Å². The van der Waals surface area contributed by atoms with Crippen LogP contribution in [-0.2, 0) is 11.3 Å². The Morgan fingerprint density at radius 1 is 0.957 bits per heavy atom. The Bertz CT molecular complexity index is 1950. The Morgan fingerprint density at radius 2 is 1.72 bits per heavy atom.